The molecule has 1 amide bonds. The third-order valence-corrected chi connectivity index (χ3v) is 4.52. The number of hydrogen-bond acceptors (Lipinski definition) is 3. The van der Waals surface area contributed by atoms with E-state index >= 15 is 0 Å². The monoisotopic (exact) mass is 289 g/mol. The van der Waals surface area contributed by atoms with E-state index in [1.807, 2.05) is 30.0 Å². The predicted molar refractivity (Wildman–Crippen MR) is 85.8 cm³/mol. The zero-order chi connectivity index (χ0) is 15.5. The first-order valence-corrected chi connectivity index (χ1v) is 7.83. The van der Waals surface area contributed by atoms with Gasteiger partial charge in [0.1, 0.15) is 0 Å². The smallest absolute Gasteiger partial charge is 0.242 e. The van der Waals surface area contributed by atoms with Crippen LogP contribution in [-0.4, -0.2) is 36.0 Å². The lowest BCUT2D eigenvalue weighted by Gasteiger charge is -2.29. The van der Waals surface area contributed by atoms with Crippen molar-refractivity contribution >= 4 is 5.91 Å². The fourth-order valence-corrected chi connectivity index (χ4v) is 3.34. The molecule has 0 spiro atoms. The highest BCUT2D eigenvalue weighted by Crippen LogP contribution is 2.33. The van der Waals surface area contributed by atoms with Crippen LogP contribution in [0.3, 0.4) is 0 Å². The summed E-state index contributed by atoms with van der Waals surface area (Å²) in [5.41, 5.74) is 12.6. The van der Waals surface area contributed by atoms with Crippen molar-refractivity contribution in [1.82, 2.24) is 4.90 Å². The molecule has 0 saturated carbocycles. The highest BCUT2D eigenvalue weighted by Gasteiger charge is 2.40. The van der Waals surface area contributed by atoms with E-state index in [1.165, 1.54) is 5.56 Å². The SMILES string of the molecule is CCCC(C)(N)C(=O)N1C[C@@H](CN)[C@H](c2ccccc2)C1. The summed E-state index contributed by atoms with van der Waals surface area (Å²) in [6, 6.07) is 10.3. The minimum absolute atomic E-state index is 0.0567. The van der Waals surface area contributed by atoms with Crippen LogP contribution in [0.5, 0.6) is 0 Å². The van der Waals surface area contributed by atoms with Gasteiger partial charge in [0.25, 0.3) is 0 Å². The summed E-state index contributed by atoms with van der Waals surface area (Å²) in [7, 11) is 0. The number of benzene rings is 1. The fourth-order valence-electron chi connectivity index (χ4n) is 3.34. The average molecular weight is 289 g/mol. The molecule has 21 heavy (non-hydrogen) atoms. The number of nitrogens with zero attached hydrogens (tertiary/aromatic N) is 1. The molecule has 1 heterocycles. The van der Waals surface area contributed by atoms with E-state index < -0.39 is 5.54 Å². The lowest BCUT2D eigenvalue weighted by Crippen LogP contribution is -2.52. The molecule has 1 aromatic rings. The molecular weight excluding hydrogens is 262 g/mol. The van der Waals surface area contributed by atoms with Crippen LogP contribution in [0.25, 0.3) is 0 Å². The van der Waals surface area contributed by atoms with Gasteiger partial charge < -0.3 is 16.4 Å². The van der Waals surface area contributed by atoms with Crippen LogP contribution in [-0.2, 0) is 4.79 Å². The molecule has 0 aromatic heterocycles. The quantitative estimate of drug-likeness (QED) is 0.866. The average Bonchev–Trinajstić information content (AvgIpc) is 2.91. The first-order chi connectivity index (χ1) is 9.99. The summed E-state index contributed by atoms with van der Waals surface area (Å²) in [4.78, 5) is 14.6. The van der Waals surface area contributed by atoms with E-state index in [4.69, 9.17) is 11.5 Å². The highest BCUT2D eigenvalue weighted by molar-refractivity contribution is 5.86. The molecule has 4 nitrogen and oxygen atoms in total. The Morgan fingerprint density at radius 1 is 1.33 bits per heavy atom. The minimum atomic E-state index is -0.764. The molecule has 3 atom stereocenters. The second-order valence-electron chi connectivity index (χ2n) is 6.39. The largest absolute Gasteiger partial charge is 0.340 e. The van der Waals surface area contributed by atoms with Crippen LogP contribution < -0.4 is 11.5 Å². The maximum Gasteiger partial charge on any atom is 0.242 e. The van der Waals surface area contributed by atoms with Gasteiger partial charge in [-0.05, 0) is 31.4 Å². The summed E-state index contributed by atoms with van der Waals surface area (Å²) in [6.07, 6.45) is 1.63. The molecule has 1 unspecified atom stereocenters. The first kappa shape index (κ1) is 16.0. The van der Waals surface area contributed by atoms with Crippen molar-refractivity contribution in [2.45, 2.75) is 38.1 Å². The van der Waals surface area contributed by atoms with Gasteiger partial charge in [0.05, 0.1) is 5.54 Å². The molecule has 0 aliphatic carbocycles. The van der Waals surface area contributed by atoms with Gasteiger partial charge in [-0.3, -0.25) is 4.79 Å². The summed E-state index contributed by atoms with van der Waals surface area (Å²) in [5, 5.41) is 0. The fraction of sp³-hybridized carbons (Fsp3) is 0.588. The van der Waals surface area contributed by atoms with Crippen LogP contribution in [0.2, 0.25) is 0 Å². The summed E-state index contributed by atoms with van der Waals surface area (Å²) < 4.78 is 0. The highest BCUT2D eigenvalue weighted by atomic mass is 16.2. The molecule has 0 radical (unpaired) electrons. The van der Waals surface area contributed by atoms with Gasteiger partial charge in [0.2, 0.25) is 5.91 Å². The van der Waals surface area contributed by atoms with Crippen molar-refractivity contribution in [1.29, 1.82) is 0 Å². The predicted octanol–water partition coefficient (Wildman–Crippen LogP) is 1.70. The van der Waals surface area contributed by atoms with E-state index in [1.54, 1.807) is 0 Å². The molecule has 0 bridgehead atoms. The van der Waals surface area contributed by atoms with Gasteiger partial charge in [-0.15, -0.1) is 0 Å². The van der Waals surface area contributed by atoms with E-state index in [0.717, 1.165) is 13.0 Å². The number of nitrogens with two attached hydrogens (primary N) is 2. The van der Waals surface area contributed by atoms with Gasteiger partial charge in [0, 0.05) is 19.0 Å². The molecule has 116 valence electrons. The maximum absolute atomic E-state index is 12.7. The van der Waals surface area contributed by atoms with Gasteiger partial charge in [-0.2, -0.15) is 0 Å². The minimum Gasteiger partial charge on any atom is -0.340 e. The summed E-state index contributed by atoms with van der Waals surface area (Å²) >= 11 is 0. The molecule has 1 fully saturated rings. The molecule has 4 N–H and O–H groups in total. The topological polar surface area (TPSA) is 72.4 Å². The molecule has 4 heteroatoms. The van der Waals surface area contributed by atoms with E-state index in [9.17, 15) is 4.79 Å². The lowest BCUT2D eigenvalue weighted by atomic mass is 9.89. The Morgan fingerprint density at radius 2 is 2.00 bits per heavy atom. The van der Waals surface area contributed by atoms with Gasteiger partial charge >= 0.3 is 0 Å². The zero-order valence-electron chi connectivity index (χ0n) is 13.1. The Morgan fingerprint density at radius 3 is 2.57 bits per heavy atom. The third kappa shape index (κ3) is 3.44. The number of carbonyl (C=O) groups excluding carboxylic acids is 1. The van der Waals surface area contributed by atoms with Crippen LogP contribution in [0.15, 0.2) is 30.3 Å². The molecule has 1 aromatic carbocycles. The van der Waals surface area contributed by atoms with Crippen LogP contribution in [0.4, 0.5) is 0 Å². The second kappa shape index (κ2) is 6.58. The van der Waals surface area contributed by atoms with Crippen LogP contribution in [0, 0.1) is 5.92 Å². The second-order valence-corrected chi connectivity index (χ2v) is 6.39. The number of hydrogen-bond donors (Lipinski definition) is 2. The molecular formula is C17H27N3O. The summed E-state index contributed by atoms with van der Waals surface area (Å²) in [5.74, 6) is 0.688. The van der Waals surface area contributed by atoms with Gasteiger partial charge in [-0.25, -0.2) is 0 Å². The van der Waals surface area contributed by atoms with Gasteiger partial charge in [0.15, 0.2) is 0 Å². The number of likely N-dealkylation sites (tertiary alicyclic amines) is 1. The molecule has 2 rings (SSSR count). The number of amides is 1. The third-order valence-electron chi connectivity index (χ3n) is 4.52. The van der Waals surface area contributed by atoms with E-state index in [2.05, 4.69) is 19.1 Å². The normalized spacial score (nSPS) is 24.9. The summed E-state index contributed by atoms with van der Waals surface area (Å²) in [6.45, 7) is 5.93. The first-order valence-electron chi connectivity index (χ1n) is 7.83. The molecule has 1 aliphatic rings. The van der Waals surface area contributed by atoms with E-state index in [0.29, 0.717) is 31.3 Å². The van der Waals surface area contributed by atoms with Crippen molar-refractivity contribution < 1.29 is 4.79 Å². The Kier molecular flexibility index (Phi) is 5.01. The Hall–Kier alpha value is -1.39. The van der Waals surface area contributed by atoms with Crippen molar-refractivity contribution in [2.24, 2.45) is 17.4 Å². The van der Waals surface area contributed by atoms with Crippen LogP contribution >= 0.6 is 0 Å². The van der Waals surface area contributed by atoms with Gasteiger partial charge in [-0.1, -0.05) is 43.7 Å². The van der Waals surface area contributed by atoms with Crippen molar-refractivity contribution in [3.8, 4) is 0 Å². The molecule has 1 aliphatic heterocycles. The Balaban J connectivity index is 2.14. The van der Waals surface area contributed by atoms with Crippen molar-refractivity contribution in [3.05, 3.63) is 35.9 Å². The standard InChI is InChI=1S/C17H27N3O/c1-3-9-17(2,19)16(21)20-11-14(10-18)15(12-20)13-7-5-4-6-8-13/h4-8,14-15H,3,9-12,18-19H2,1-2H3/t14-,15+,17?/m1/s1. The lowest BCUT2D eigenvalue weighted by molar-refractivity contribution is -0.135. The Labute approximate surface area is 127 Å². The molecule has 1 saturated heterocycles. The van der Waals surface area contributed by atoms with Crippen molar-refractivity contribution in [2.75, 3.05) is 19.6 Å². The van der Waals surface area contributed by atoms with Crippen LogP contribution in [0.1, 0.15) is 38.2 Å². The number of rotatable bonds is 5. The van der Waals surface area contributed by atoms with Crippen molar-refractivity contribution in [3.63, 3.8) is 0 Å². The zero-order valence-corrected chi connectivity index (χ0v) is 13.1. The van der Waals surface area contributed by atoms with E-state index in [-0.39, 0.29) is 5.91 Å². The number of carbonyl (C=O) groups is 1. The maximum atomic E-state index is 12.7. The Bertz CT molecular complexity index is 472.